The summed E-state index contributed by atoms with van der Waals surface area (Å²) in [6, 6.07) is 6.26. The van der Waals surface area contributed by atoms with Gasteiger partial charge < -0.3 is 18.8 Å². The molecule has 0 bridgehead atoms. The summed E-state index contributed by atoms with van der Waals surface area (Å²) >= 11 is 0. The molecule has 1 aromatic carbocycles. The zero-order chi connectivity index (χ0) is 18.2. The lowest BCUT2D eigenvalue weighted by atomic mass is 9.73. The molecular weight excluding hydrogens is 303 g/mol. The second-order valence-electron chi connectivity index (χ2n) is 8.13. The van der Waals surface area contributed by atoms with Gasteiger partial charge in [-0.2, -0.15) is 0 Å². The molecule has 1 fully saturated rings. The second kappa shape index (κ2) is 6.70. The highest BCUT2D eigenvalue weighted by molar-refractivity contribution is 6.63. The summed E-state index contributed by atoms with van der Waals surface area (Å²) < 4.78 is 23.3. The van der Waals surface area contributed by atoms with E-state index >= 15 is 0 Å². The lowest BCUT2D eigenvalue weighted by Crippen LogP contribution is -2.41. The van der Waals surface area contributed by atoms with Gasteiger partial charge in [-0.3, -0.25) is 0 Å². The Kier molecular flexibility index (Phi) is 5.38. The quantitative estimate of drug-likeness (QED) is 0.588. The highest BCUT2D eigenvalue weighted by atomic mass is 16.7. The zero-order valence-corrected chi connectivity index (χ0v) is 16.4. The van der Waals surface area contributed by atoms with Crippen LogP contribution in [-0.2, 0) is 19.5 Å². The van der Waals surface area contributed by atoms with Crippen LogP contribution >= 0.6 is 0 Å². The molecule has 0 N–H and O–H groups in total. The van der Waals surface area contributed by atoms with Gasteiger partial charge in [0.15, 0.2) is 6.79 Å². The molecule has 0 radical (unpaired) electrons. The minimum atomic E-state index is -0.450. The Morgan fingerprint density at radius 1 is 1.08 bits per heavy atom. The molecule has 0 atom stereocenters. The van der Waals surface area contributed by atoms with Gasteiger partial charge in [-0.15, -0.1) is 0 Å². The van der Waals surface area contributed by atoms with Gasteiger partial charge in [0, 0.05) is 12.6 Å². The maximum absolute atomic E-state index is 6.23. The average Bonchev–Trinajstić information content (AvgIpc) is 2.73. The summed E-state index contributed by atoms with van der Waals surface area (Å²) in [7, 11) is 1.16. The number of rotatable bonds is 6. The van der Waals surface area contributed by atoms with E-state index in [1.54, 1.807) is 7.11 Å². The van der Waals surface area contributed by atoms with Crippen molar-refractivity contribution in [3.05, 3.63) is 23.8 Å². The molecule has 1 aliphatic rings. The Balaban J connectivity index is 2.43. The molecule has 0 unspecified atom stereocenters. The lowest BCUT2D eigenvalue weighted by molar-refractivity contribution is 0.00578. The van der Waals surface area contributed by atoms with Crippen molar-refractivity contribution in [2.45, 2.75) is 71.5 Å². The summed E-state index contributed by atoms with van der Waals surface area (Å²) in [4.78, 5) is 0. The van der Waals surface area contributed by atoms with E-state index in [4.69, 9.17) is 18.8 Å². The van der Waals surface area contributed by atoms with E-state index in [1.165, 1.54) is 5.56 Å². The molecule has 1 saturated heterocycles. The molecule has 0 saturated carbocycles. The van der Waals surface area contributed by atoms with Gasteiger partial charge >= 0.3 is 7.12 Å². The van der Waals surface area contributed by atoms with Crippen LogP contribution in [0.1, 0.15) is 60.5 Å². The fourth-order valence-corrected chi connectivity index (χ4v) is 2.58. The molecular formula is C19H31BO4. The van der Waals surface area contributed by atoms with Gasteiger partial charge in [-0.1, -0.05) is 32.9 Å². The summed E-state index contributed by atoms with van der Waals surface area (Å²) in [6.45, 7) is 15.1. The van der Waals surface area contributed by atoms with E-state index in [0.29, 0.717) is 0 Å². The minimum absolute atomic E-state index is 0.0815. The van der Waals surface area contributed by atoms with E-state index in [9.17, 15) is 0 Å². The molecule has 0 aromatic heterocycles. The highest BCUT2D eigenvalue weighted by Crippen LogP contribution is 2.38. The fourth-order valence-electron chi connectivity index (χ4n) is 2.58. The van der Waals surface area contributed by atoms with Crippen molar-refractivity contribution < 1.29 is 18.8 Å². The maximum atomic E-state index is 6.23. The molecule has 0 spiro atoms. The normalized spacial score (nSPS) is 19.6. The molecule has 4 nitrogen and oxygen atoms in total. The lowest BCUT2D eigenvalue weighted by Gasteiger charge is -2.32. The smallest absolute Gasteiger partial charge is 0.468 e. The predicted octanol–water partition coefficient (Wildman–Crippen LogP) is 3.66. The van der Waals surface area contributed by atoms with Crippen LogP contribution in [0.15, 0.2) is 18.2 Å². The van der Waals surface area contributed by atoms with Gasteiger partial charge in [-0.25, -0.2) is 0 Å². The van der Waals surface area contributed by atoms with Crippen LogP contribution < -0.4 is 10.2 Å². The summed E-state index contributed by atoms with van der Waals surface area (Å²) in [5, 5.41) is 0. The van der Waals surface area contributed by atoms with Gasteiger partial charge in [-0.05, 0) is 51.2 Å². The second-order valence-corrected chi connectivity index (χ2v) is 8.13. The van der Waals surface area contributed by atoms with Crippen LogP contribution in [0.5, 0.6) is 5.75 Å². The van der Waals surface area contributed by atoms with Crippen molar-refractivity contribution in [2.24, 2.45) is 0 Å². The van der Waals surface area contributed by atoms with E-state index in [2.05, 4.69) is 60.6 Å². The Labute approximate surface area is 147 Å². The zero-order valence-electron chi connectivity index (χ0n) is 16.4. The average molecular weight is 334 g/mol. The van der Waals surface area contributed by atoms with Gasteiger partial charge in [0.25, 0.3) is 0 Å². The van der Waals surface area contributed by atoms with Crippen LogP contribution in [0.3, 0.4) is 0 Å². The molecule has 2 rings (SSSR count). The molecule has 1 heterocycles. The van der Waals surface area contributed by atoms with Crippen LogP contribution in [0.25, 0.3) is 0 Å². The Morgan fingerprint density at radius 2 is 1.67 bits per heavy atom. The van der Waals surface area contributed by atoms with Gasteiger partial charge in [0.05, 0.1) is 11.2 Å². The minimum Gasteiger partial charge on any atom is -0.468 e. The Bertz CT molecular complexity index is 565. The highest BCUT2D eigenvalue weighted by Gasteiger charge is 2.52. The molecule has 134 valence electrons. The van der Waals surface area contributed by atoms with E-state index < -0.39 is 7.12 Å². The van der Waals surface area contributed by atoms with Crippen molar-refractivity contribution >= 4 is 12.6 Å². The SMILES string of the molecule is CCC(C)(C)c1ccc(OCOC)c(B2OC(C)(C)C(C)(C)O2)c1. The monoisotopic (exact) mass is 334 g/mol. The van der Waals surface area contributed by atoms with Crippen molar-refractivity contribution in [3.63, 3.8) is 0 Å². The Morgan fingerprint density at radius 3 is 2.17 bits per heavy atom. The molecule has 0 amide bonds. The fraction of sp³-hybridized carbons (Fsp3) is 0.684. The summed E-state index contributed by atoms with van der Waals surface area (Å²) in [5.74, 6) is 0.742. The first kappa shape index (κ1) is 19.3. The van der Waals surface area contributed by atoms with E-state index in [0.717, 1.165) is 17.6 Å². The standard InChI is InChI=1S/C19H31BO4/c1-9-17(2,3)14-10-11-16(22-13-21-8)15(12-14)20-23-18(4,5)19(6,7)24-20/h10-12H,9,13H2,1-8H3. The van der Waals surface area contributed by atoms with Crippen molar-refractivity contribution in [3.8, 4) is 5.75 Å². The van der Waals surface area contributed by atoms with E-state index in [1.807, 2.05) is 6.07 Å². The van der Waals surface area contributed by atoms with Gasteiger partial charge in [0.1, 0.15) is 5.75 Å². The van der Waals surface area contributed by atoms with Crippen molar-refractivity contribution in [2.75, 3.05) is 13.9 Å². The predicted molar refractivity (Wildman–Crippen MR) is 98.0 cm³/mol. The number of hydrogen-bond donors (Lipinski definition) is 0. The Hall–Kier alpha value is -1.04. The first-order valence-electron chi connectivity index (χ1n) is 8.66. The third-order valence-electron chi connectivity index (χ3n) is 5.51. The molecule has 1 aromatic rings. The van der Waals surface area contributed by atoms with Crippen molar-refractivity contribution in [1.29, 1.82) is 0 Å². The van der Waals surface area contributed by atoms with Crippen LogP contribution in [-0.4, -0.2) is 32.2 Å². The third-order valence-corrected chi connectivity index (χ3v) is 5.51. The van der Waals surface area contributed by atoms with Crippen molar-refractivity contribution in [1.82, 2.24) is 0 Å². The third kappa shape index (κ3) is 3.63. The van der Waals surface area contributed by atoms with E-state index in [-0.39, 0.29) is 23.4 Å². The number of methoxy groups -OCH3 is 1. The first-order chi connectivity index (χ1) is 11.0. The molecule has 1 aliphatic heterocycles. The molecule has 24 heavy (non-hydrogen) atoms. The summed E-state index contributed by atoms with van der Waals surface area (Å²) in [5.41, 5.74) is 1.49. The van der Waals surface area contributed by atoms with Crippen LogP contribution in [0.2, 0.25) is 0 Å². The number of benzene rings is 1. The number of ether oxygens (including phenoxy) is 2. The largest absolute Gasteiger partial charge is 0.498 e. The topological polar surface area (TPSA) is 36.9 Å². The first-order valence-corrected chi connectivity index (χ1v) is 8.66. The molecule has 0 aliphatic carbocycles. The number of hydrogen-bond acceptors (Lipinski definition) is 4. The van der Waals surface area contributed by atoms with Crippen LogP contribution in [0, 0.1) is 0 Å². The summed E-state index contributed by atoms with van der Waals surface area (Å²) in [6.07, 6.45) is 1.05. The molecule has 5 heteroatoms. The van der Waals surface area contributed by atoms with Crippen LogP contribution in [0.4, 0.5) is 0 Å². The maximum Gasteiger partial charge on any atom is 0.498 e. The van der Waals surface area contributed by atoms with Gasteiger partial charge in [0.2, 0.25) is 0 Å².